The van der Waals surface area contributed by atoms with Gasteiger partial charge in [-0.15, -0.1) is 0 Å². The highest BCUT2D eigenvalue weighted by atomic mass is 35.5. The monoisotopic (exact) mass is 433 g/mol. The first-order valence-electron chi connectivity index (χ1n) is 9.14. The Balaban J connectivity index is 1.46. The topological polar surface area (TPSA) is 71.0 Å². The average Bonchev–Trinajstić information content (AvgIpc) is 3.13. The zero-order valence-electron chi connectivity index (χ0n) is 15.4. The maximum absolute atomic E-state index is 12.3. The largest absolute Gasteiger partial charge is 0.348 e. The van der Waals surface area contributed by atoms with Gasteiger partial charge in [0.25, 0.3) is 0 Å². The molecule has 1 saturated heterocycles. The van der Waals surface area contributed by atoms with Crippen LogP contribution in [-0.2, 0) is 4.79 Å². The van der Waals surface area contributed by atoms with E-state index in [1.165, 1.54) is 30.9 Å². The summed E-state index contributed by atoms with van der Waals surface area (Å²) in [5, 5.41) is 5.13. The fourth-order valence-corrected chi connectivity index (χ4v) is 5.31. The quantitative estimate of drug-likeness (QED) is 0.464. The number of amides is 1. The lowest BCUT2D eigenvalue weighted by molar-refractivity contribution is -0.113. The molecule has 0 aliphatic carbocycles. The summed E-state index contributed by atoms with van der Waals surface area (Å²) < 4.78 is 0.936. The van der Waals surface area contributed by atoms with Crippen LogP contribution in [0.5, 0.6) is 0 Å². The number of aromatic nitrogens is 3. The molecule has 2 aromatic heterocycles. The van der Waals surface area contributed by atoms with Gasteiger partial charge in [-0.1, -0.05) is 53.8 Å². The minimum Gasteiger partial charge on any atom is -0.348 e. The highest BCUT2D eigenvalue weighted by Gasteiger charge is 2.21. The average molecular weight is 434 g/mol. The van der Waals surface area contributed by atoms with Crippen LogP contribution in [0.15, 0.2) is 35.6 Å². The van der Waals surface area contributed by atoms with Gasteiger partial charge in [-0.25, -0.2) is 9.97 Å². The summed E-state index contributed by atoms with van der Waals surface area (Å²) in [6.45, 7) is 4.33. The van der Waals surface area contributed by atoms with Crippen LogP contribution in [0, 0.1) is 5.92 Å². The molecule has 1 N–H and O–H groups in total. The molecule has 9 heteroatoms. The number of halogens is 1. The molecule has 6 nitrogen and oxygen atoms in total. The Hall–Kier alpha value is -1.90. The van der Waals surface area contributed by atoms with Gasteiger partial charge in [-0.05, 0) is 30.9 Å². The van der Waals surface area contributed by atoms with Gasteiger partial charge < -0.3 is 10.2 Å². The second-order valence-corrected chi connectivity index (χ2v) is 9.19. The van der Waals surface area contributed by atoms with Crippen molar-refractivity contribution in [2.75, 3.05) is 29.1 Å². The SMILES string of the molecule is C[C@H]1CCCN(c2nc3ncnc(SCC(=O)Nc4ccccc4Cl)c3s2)C1. The molecule has 1 fully saturated rings. The lowest BCUT2D eigenvalue weighted by atomic mass is 10.0. The minimum absolute atomic E-state index is 0.126. The van der Waals surface area contributed by atoms with Crippen molar-refractivity contribution in [1.82, 2.24) is 15.0 Å². The number of carbonyl (C=O) groups is 1. The number of thiazole rings is 1. The summed E-state index contributed by atoms with van der Waals surface area (Å²) in [5.41, 5.74) is 1.31. The van der Waals surface area contributed by atoms with Crippen molar-refractivity contribution in [2.24, 2.45) is 5.92 Å². The molecule has 0 bridgehead atoms. The van der Waals surface area contributed by atoms with Gasteiger partial charge in [0.15, 0.2) is 10.8 Å². The van der Waals surface area contributed by atoms with E-state index < -0.39 is 0 Å². The number of thioether (sulfide) groups is 1. The van der Waals surface area contributed by atoms with Crippen molar-refractivity contribution in [1.29, 1.82) is 0 Å². The van der Waals surface area contributed by atoms with E-state index >= 15 is 0 Å². The summed E-state index contributed by atoms with van der Waals surface area (Å²) in [7, 11) is 0. The summed E-state index contributed by atoms with van der Waals surface area (Å²) in [6, 6.07) is 7.19. The van der Waals surface area contributed by atoms with Gasteiger partial charge in [0.1, 0.15) is 16.1 Å². The van der Waals surface area contributed by atoms with Gasteiger partial charge >= 0.3 is 0 Å². The predicted molar refractivity (Wildman–Crippen MR) is 117 cm³/mol. The molecule has 3 heterocycles. The van der Waals surface area contributed by atoms with Gasteiger partial charge in [0, 0.05) is 13.1 Å². The summed E-state index contributed by atoms with van der Waals surface area (Å²) in [4.78, 5) is 28.0. The van der Waals surface area contributed by atoms with E-state index in [1.807, 2.05) is 12.1 Å². The number of fused-ring (bicyclic) bond motifs is 1. The maximum atomic E-state index is 12.3. The number of carbonyl (C=O) groups excluding carboxylic acids is 1. The third kappa shape index (κ3) is 4.39. The van der Waals surface area contributed by atoms with Gasteiger partial charge in [-0.2, -0.15) is 4.98 Å². The number of anilines is 2. The Labute approximate surface area is 176 Å². The van der Waals surface area contributed by atoms with E-state index in [0.29, 0.717) is 22.3 Å². The van der Waals surface area contributed by atoms with E-state index in [9.17, 15) is 4.79 Å². The van der Waals surface area contributed by atoms with Crippen LogP contribution in [0.4, 0.5) is 10.8 Å². The van der Waals surface area contributed by atoms with Crippen molar-refractivity contribution in [3.05, 3.63) is 35.6 Å². The zero-order valence-corrected chi connectivity index (χ0v) is 17.8. The first kappa shape index (κ1) is 19.4. The molecule has 1 aromatic carbocycles. The van der Waals surface area contributed by atoms with Crippen LogP contribution < -0.4 is 10.2 Å². The number of benzene rings is 1. The Morgan fingerprint density at radius 1 is 1.39 bits per heavy atom. The van der Waals surface area contributed by atoms with Gasteiger partial charge in [0.05, 0.1) is 16.5 Å². The minimum atomic E-state index is -0.126. The van der Waals surface area contributed by atoms with Crippen LogP contribution in [0.25, 0.3) is 10.3 Å². The third-order valence-corrected chi connectivity index (χ3v) is 7.12. The number of rotatable bonds is 5. The van der Waals surface area contributed by atoms with Gasteiger partial charge in [0.2, 0.25) is 5.91 Å². The molecule has 1 aliphatic heterocycles. The van der Waals surface area contributed by atoms with Crippen molar-refractivity contribution in [2.45, 2.75) is 24.8 Å². The Morgan fingerprint density at radius 2 is 2.25 bits per heavy atom. The molecule has 28 heavy (non-hydrogen) atoms. The second kappa shape index (κ2) is 8.63. The van der Waals surface area contributed by atoms with Crippen LogP contribution >= 0.6 is 34.7 Å². The molecule has 0 saturated carbocycles. The molecule has 1 atom stereocenters. The first-order chi connectivity index (χ1) is 13.6. The lowest BCUT2D eigenvalue weighted by Gasteiger charge is -2.30. The molecule has 0 unspecified atom stereocenters. The van der Waals surface area contributed by atoms with Crippen LogP contribution in [-0.4, -0.2) is 39.7 Å². The smallest absolute Gasteiger partial charge is 0.234 e. The number of nitrogens with one attached hydrogen (secondary N) is 1. The van der Waals surface area contributed by atoms with E-state index in [-0.39, 0.29) is 11.7 Å². The summed E-state index contributed by atoms with van der Waals surface area (Å²) in [5.74, 6) is 0.791. The number of hydrogen-bond donors (Lipinski definition) is 1. The molecule has 3 aromatic rings. The normalized spacial score (nSPS) is 17.1. The van der Waals surface area contributed by atoms with E-state index in [2.05, 4.69) is 27.1 Å². The molecule has 4 rings (SSSR count). The lowest BCUT2D eigenvalue weighted by Crippen LogP contribution is -2.34. The van der Waals surface area contributed by atoms with Gasteiger partial charge in [-0.3, -0.25) is 4.79 Å². The predicted octanol–water partition coefficient (Wildman–Crippen LogP) is 4.71. The Morgan fingerprint density at radius 3 is 3.07 bits per heavy atom. The van der Waals surface area contributed by atoms with Crippen molar-refractivity contribution in [3.63, 3.8) is 0 Å². The highest BCUT2D eigenvalue weighted by Crippen LogP contribution is 2.35. The molecule has 0 radical (unpaired) electrons. The van der Waals surface area contributed by atoms with Crippen LogP contribution in [0.3, 0.4) is 0 Å². The highest BCUT2D eigenvalue weighted by molar-refractivity contribution is 8.00. The number of piperidine rings is 1. The van der Waals surface area contributed by atoms with Crippen molar-refractivity contribution in [3.8, 4) is 0 Å². The molecule has 146 valence electrons. The second-order valence-electron chi connectivity index (χ2n) is 6.84. The molecule has 1 amide bonds. The number of para-hydroxylation sites is 1. The maximum Gasteiger partial charge on any atom is 0.234 e. The summed E-state index contributed by atoms with van der Waals surface area (Å²) >= 11 is 9.09. The fraction of sp³-hybridized carbons (Fsp3) is 0.368. The first-order valence-corrected chi connectivity index (χ1v) is 11.3. The van der Waals surface area contributed by atoms with Crippen LogP contribution in [0.1, 0.15) is 19.8 Å². The summed E-state index contributed by atoms with van der Waals surface area (Å²) in [6.07, 6.45) is 3.97. The molecular formula is C19H20ClN5OS2. The van der Waals surface area contributed by atoms with E-state index in [1.54, 1.807) is 23.5 Å². The third-order valence-electron chi connectivity index (χ3n) is 4.56. The fourth-order valence-electron chi connectivity index (χ4n) is 3.21. The molecule has 1 aliphatic rings. The van der Waals surface area contributed by atoms with E-state index in [0.717, 1.165) is 27.9 Å². The standard InChI is InChI=1S/C19H20ClN5OS2/c1-12-5-4-8-25(9-12)19-24-17-16(28-19)18(22-11-21-17)27-10-15(26)23-14-7-3-2-6-13(14)20/h2-3,6-7,11-12H,4-5,8-10H2,1H3,(H,23,26)/t12-/m0/s1. The van der Waals surface area contributed by atoms with Crippen molar-refractivity contribution < 1.29 is 4.79 Å². The number of nitrogens with zero attached hydrogens (tertiary/aromatic N) is 4. The molecular weight excluding hydrogens is 414 g/mol. The zero-order chi connectivity index (χ0) is 19.5. The van der Waals surface area contributed by atoms with Crippen molar-refractivity contribution >= 4 is 61.8 Å². The Bertz CT molecular complexity index is 995. The Kier molecular flexibility index (Phi) is 5.99. The van der Waals surface area contributed by atoms with E-state index in [4.69, 9.17) is 16.6 Å². The number of hydrogen-bond acceptors (Lipinski definition) is 7. The molecule has 0 spiro atoms. The van der Waals surface area contributed by atoms with Crippen LogP contribution in [0.2, 0.25) is 5.02 Å².